The monoisotopic (exact) mass is 447 g/mol. The van der Waals surface area contributed by atoms with Gasteiger partial charge in [0.2, 0.25) is 5.88 Å². The Morgan fingerprint density at radius 3 is 2.53 bits per heavy atom. The number of alkyl halides is 3. The first-order chi connectivity index (χ1) is 15.2. The number of hydrogen-bond acceptors (Lipinski definition) is 6. The van der Waals surface area contributed by atoms with Crippen molar-refractivity contribution in [1.82, 2.24) is 20.7 Å². The van der Waals surface area contributed by atoms with Gasteiger partial charge in [-0.05, 0) is 18.6 Å². The molecule has 3 heterocycles. The van der Waals surface area contributed by atoms with Crippen LogP contribution in [-0.4, -0.2) is 47.3 Å². The van der Waals surface area contributed by atoms with Gasteiger partial charge in [0.1, 0.15) is 23.6 Å². The zero-order valence-corrected chi connectivity index (χ0v) is 17.1. The van der Waals surface area contributed by atoms with E-state index in [0.717, 1.165) is 5.01 Å². The number of rotatable bonds is 4. The molecule has 3 unspecified atom stereocenters. The van der Waals surface area contributed by atoms with Gasteiger partial charge in [-0.2, -0.15) is 18.2 Å². The second-order valence-electron chi connectivity index (χ2n) is 7.37. The van der Waals surface area contributed by atoms with Gasteiger partial charge in [-0.3, -0.25) is 9.59 Å². The van der Waals surface area contributed by atoms with Gasteiger partial charge in [0.25, 0.3) is 11.8 Å². The number of amides is 2. The van der Waals surface area contributed by atoms with E-state index in [-0.39, 0.29) is 23.0 Å². The number of hydrogen-bond donors (Lipinski definition) is 3. The lowest BCUT2D eigenvalue weighted by Gasteiger charge is -2.34. The van der Waals surface area contributed by atoms with E-state index >= 15 is 0 Å². The van der Waals surface area contributed by atoms with Crippen molar-refractivity contribution in [2.24, 2.45) is 0 Å². The number of benzene rings is 1. The van der Waals surface area contributed by atoms with Crippen LogP contribution in [0.1, 0.15) is 18.4 Å². The molecule has 1 aromatic carbocycles. The summed E-state index contributed by atoms with van der Waals surface area (Å²) in [7, 11) is 1.41. The summed E-state index contributed by atoms with van der Waals surface area (Å²) >= 11 is 0. The van der Waals surface area contributed by atoms with Crippen LogP contribution in [0, 0.1) is 0 Å². The van der Waals surface area contributed by atoms with Crippen molar-refractivity contribution in [1.29, 1.82) is 0 Å². The van der Waals surface area contributed by atoms with Crippen molar-refractivity contribution >= 4 is 17.6 Å². The summed E-state index contributed by atoms with van der Waals surface area (Å²) in [5.41, 5.74) is 2.54. The standard InChI is InChI=1S/C21H20F3N5O3/c1-11-15(19(30)27-13-9-6-10-14(26-13)32-2)20(31)29-18(25-11)16(12-7-4-3-5-8-12)17(28-29)21(22,23)24/h3-10,16-18,25,28H,1-2H3,(H,26,27,30). The van der Waals surface area contributed by atoms with Crippen LogP contribution in [0.25, 0.3) is 0 Å². The van der Waals surface area contributed by atoms with Crippen molar-refractivity contribution in [3.8, 4) is 5.88 Å². The summed E-state index contributed by atoms with van der Waals surface area (Å²) in [5, 5.41) is 6.24. The van der Waals surface area contributed by atoms with E-state index in [1.807, 2.05) is 0 Å². The fraction of sp³-hybridized carbons (Fsp3) is 0.286. The summed E-state index contributed by atoms with van der Waals surface area (Å²) < 4.78 is 46.5. The number of aromatic nitrogens is 1. The van der Waals surface area contributed by atoms with Gasteiger partial charge in [0.05, 0.1) is 13.0 Å². The van der Waals surface area contributed by atoms with Crippen LogP contribution in [0.2, 0.25) is 0 Å². The Bertz CT molecular complexity index is 1070. The Kier molecular flexibility index (Phi) is 5.51. The number of methoxy groups -OCH3 is 1. The Labute approximate surface area is 181 Å². The lowest BCUT2D eigenvalue weighted by molar-refractivity contribution is -0.161. The smallest absolute Gasteiger partial charge is 0.406 e. The highest BCUT2D eigenvalue weighted by Crippen LogP contribution is 2.41. The lowest BCUT2D eigenvalue weighted by atomic mass is 9.89. The molecule has 0 spiro atoms. The van der Waals surface area contributed by atoms with Gasteiger partial charge in [0, 0.05) is 11.8 Å². The van der Waals surface area contributed by atoms with E-state index in [2.05, 4.69) is 21.0 Å². The number of pyridine rings is 1. The largest absolute Gasteiger partial charge is 0.481 e. The average Bonchev–Trinajstić information content (AvgIpc) is 3.14. The minimum atomic E-state index is -4.62. The molecule has 1 saturated heterocycles. The van der Waals surface area contributed by atoms with Crippen molar-refractivity contribution in [2.75, 3.05) is 12.4 Å². The Balaban J connectivity index is 1.65. The highest BCUT2D eigenvalue weighted by atomic mass is 19.4. The number of halogens is 3. The van der Waals surface area contributed by atoms with Crippen molar-refractivity contribution in [2.45, 2.75) is 31.2 Å². The molecule has 3 N–H and O–H groups in total. The van der Waals surface area contributed by atoms with Crippen molar-refractivity contribution in [3.63, 3.8) is 0 Å². The molecule has 3 atom stereocenters. The van der Waals surface area contributed by atoms with Gasteiger partial charge >= 0.3 is 6.18 Å². The molecule has 2 aromatic rings. The van der Waals surface area contributed by atoms with Crippen LogP contribution in [-0.2, 0) is 9.59 Å². The highest BCUT2D eigenvalue weighted by Gasteiger charge is 2.58. The predicted molar refractivity (Wildman–Crippen MR) is 108 cm³/mol. The third-order valence-corrected chi connectivity index (χ3v) is 5.37. The molecule has 2 amide bonds. The summed E-state index contributed by atoms with van der Waals surface area (Å²) in [4.78, 5) is 30.0. The van der Waals surface area contributed by atoms with Gasteiger partial charge in [-0.15, -0.1) is 0 Å². The second-order valence-corrected chi connectivity index (χ2v) is 7.37. The number of nitrogens with zero attached hydrogens (tertiary/aromatic N) is 2. The van der Waals surface area contributed by atoms with Crippen LogP contribution >= 0.6 is 0 Å². The SMILES string of the molecule is COc1cccc(NC(=O)C2=C(C)NC3C(c4ccccc4)C(C(F)(F)F)NN3C2=O)n1. The topological polar surface area (TPSA) is 95.6 Å². The van der Waals surface area contributed by atoms with Crippen LogP contribution in [0.4, 0.5) is 19.0 Å². The molecule has 0 radical (unpaired) electrons. The zero-order valence-electron chi connectivity index (χ0n) is 17.1. The number of hydrazine groups is 1. The number of carbonyl (C=O) groups excluding carboxylic acids is 2. The Morgan fingerprint density at radius 2 is 1.88 bits per heavy atom. The summed E-state index contributed by atoms with van der Waals surface area (Å²) in [6, 6.07) is 10.8. The third kappa shape index (κ3) is 3.86. The number of ether oxygens (including phenoxy) is 1. The molecule has 0 saturated carbocycles. The number of allylic oxidation sites excluding steroid dienone is 1. The quantitative estimate of drug-likeness (QED) is 0.623. The molecule has 1 aromatic heterocycles. The summed E-state index contributed by atoms with van der Waals surface area (Å²) in [5.74, 6) is -2.39. The normalized spacial score (nSPS) is 23.0. The number of anilines is 1. The van der Waals surface area contributed by atoms with Gasteiger partial charge in [0.15, 0.2) is 0 Å². The molecule has 2 aliphatic rings. The van der Waals surface area contributed by atoms with Crippen LogP contribution in [0.3, 0.4) is 0 Å². The number of carbonyl (C=O) groups is 2. The molecule has 0 aliphatic carbocycles. The molecule has 11 heteroatoms. The minimum Gasteiger partial charge on any atom is -0.481 e. The van der Waals surface area contributed by atoms with E-state index in [0.29, 0.717) is 5.56 Å². The molecule has 1 fully saturated rings. The lowest BCUT2D eigenvalue weighted by Crippen LogP contribution is -2.56. The molecule has 0 bridgehead atoms. The maximum Gasteiger partial charge on any atom is 0.406 e. The molecule has 8 nitrogen and oxygen atoms in total. The average molecular weight is 447 g/mol. The van der Waals surface area contributed by atoms with E-state index < -0.39 is 36.1 Å². The molecule has 2 aliphatic heterocycles. The fourth-order valence-corrected chi connectivity index (χ4v) is 3.94. The van der Waals surface area contributed by atoms with E-state index in [1.54, 1.807) is 42.5 Å². The summed E-state index contributed by atoms with van der Waals surface area (Å²) in [6.45, 7) is 1.48. The second kappa shape index (κ2) is 8.15. The molecular weight excluding hydrogens is 427 g/mol. The van der Waals surface area contributed by atoms with Crippen molar-refractivity contribution in [3.05, 3.63) is 65.4 Å². The van der Waals surface area contributed by atoms with Gasteiger partial charge in [-0.1, -0.05) is 36.4 Å². The van der Waals surface area contributed by atoms with Crippen LogP contribution < -0.4 is 20.8 Å². The fourth-order valence-electron chi connectivity index (χ4n) is 3.94. The molecule has 4 rings (SSSR count). The van der Waals surface area contributed by atoms with E-state index in [1.165, 1.54) is 20.1 Å². The van der Waals surface area contributed by atoms with Gasteiger partial charge in [-0.25, -0.2) is 10.4 Å². The molecule has 32 heavy (non-hydrogen) atoms. The zero-order chi connectivity index (χ0) is 23.0. The van der Waals surface area contributed by atoms with E-state index in [9.17, 15) is 22.8 Å². The first kappa shape index (κ1) is 21.6. The Morgan fingerprint density at radius 1 is 1.16 bits per heavy atom. The third-order valence-electron chi connectivity index (χ3n) is 5.37. The predicted octanol–water partition coefficient (Wildman–Crippen LogP) is 2.29. The first-order valence-electron chi connectivity index (χ1n) is 9.72. The maximum absolute atomic E-state index is 13.8. The number of nitrogens with one attached hydrogen (secondary N) is 3. The van der Waals surface area contributed by atoms with Crippen LogP contribution in [0.15, 0.2) is 59.8 Å². The highest BCUT2D eigenvalue weighted by molar-refractivity contribution is 6.23. The van der Waals surface area contributed by atoms with Crippen LogP contribution in [0.5, 0.6) is 5.88 Å². The molecular formula is C21H20F3N5O3. The maximum atomic E-state index is 13.8. The number of fused-ring (bicyclic) bond motifs is 1. The molecule has 168 valence electrons. The minimum absolute atomic E-state index is 0.134. The first-order valence-corrected chi connectivity index (χ1v) is 9.72. The van der Waals surface area contributed by atoms with Crippen molar-refractivity contribution < 1.29 is 27.5 Å². The van der Waals surface area contributed by atoms with E-state index in [4.69, 9.17) is 4.74 Å². The summed E-state index contributed by atoms with van der Waals surface area (Å²) in [6.07, 6.45) is -5.65. The Hall–Kier alpha value is -3.60. The van der Waals surface area contributed by atoms with Gasteiger partial charge < -0.3 is 15.4 Å².